The minimum Gasteiger partial charge on any atom is -0.485 e. The lowest BCUT2D eigenvalue weighted by molar-refractivity contribution is -0.145. The summed E-state index contributed by atoms with van der Waals surface area (Å²) >= 11 is 0. The lowest BCUT2D eigenvalue weighted by Gasteiger charge is -2.15. The average molecular weight is 146 g/mol. The summed E-state index contributed by atoms with van der Waals surface area (Å²) in [6, 6.07) is 0. The zero-order valence-corrected chi connectivity index (χ0v) is 6.29. The second-order valence-electron chi connectivity index (χ2n) is 2.98. The molecule has 0 bridgehead atoms. The molecule has 0 amide bonds. The Labute approximate surface area is 60.0 Å². The molecule has 2 N–H and O–H groups in total. The smallest absolute Gasteiger partial charge is 0.485 e. The predicted molar refractivity (Wildman–Crippen MR) is 35.7 cm³/mol. The molecule has 0 fully saturated rings. The van der Waals surface area contributed by atoms with Gasteiger partial charge in [-0.1, -0.05) is 0 Å². The zero-order valence-electron chi connectivity index (χ0n) is 6.29. The molecule has 0 atom stereocenters. The standard InChI is InChI=1S/C5H11BO4/c1-5(2,3)4(7)10-6(8)9/h8-9H,1-3H3. The fourth-order valence-corrected chi connectivity index (χ4v) is 0.273. The van der Waals surface area contributed by atoms with Gasteiger partial charge in [-0.15, -0.1) is 0 Å². The quantitative estimate of drug-likeness (QED) is 0.491. The molecule has 0 spiro atoms. The molecule has 0 saturated carbocycles. The molecular weight excluding hydrogens is 135 g/mol. The number of rotatable bonds is 1. The van der Waals surface area contributed by atoms with E-state index in [1.54, 1.807) is 20.8 Å². The van der Waals surface area contributed by atoms with Crippen LogP contribution in [0.25, 0.3) is 0 Å². The zero-order chi connectivity index (χ0) is 8.36. The van der Waals surface area contributed by atoms with E-state index in [0.717, 1.165) is 0 Å². The fraction of sp³-hybridized carbons (Fsp3) is 0.800. The number of carbonyl (C=O) groups excluding carboxylic acids is 1. The van der Waals surface area contributed by atoms with Crippen LogP contribution in [0.3, 0.4) is 0 Å². The first-order valence-electron chi connectivity index (χ1n) is 2.91. The van der Waals surface area contributed by atoms with Crippen molar-refractivity contribution in [3.05, 3.63) is 0 Å². The van der Waals surface area contributed by atoms with E-state index in [1.165, 1.54) is 0 Å². The lowest BCUT2D eigenvalue weighted by atomic mass is 9.97. The molecular formula is C5H11BO4. The molecule has 0 saturated heterocycles. The Balaban J connectivity index is 3.87. The molecule has 0 heterocycles. The van der Waals surface area contributed by atoms with Gasteiger partial charge in [0.25, 0.3) is 5.97 Å². The molecule has 0 aromatic heterocycles. The Morgan fingerprint density at radius 2 is 1.80 bits per heavy atom. The topological polar surface area (TPSA) is 66.8 Å². The molecule has 58 valence electrons. The van der Waals surface area contributed by atoms with Gasteiger partial charge >= 0.3 is 7.32 Å². The first-order valence-corrected chi connectivity index (χ1v) is 2.91. The van der Waals surface area contributed by atoms with E-state index in [2.05, 4.69) is 4.65 Å². The molecule has 0 radical (unpaired) electrons. The van der Waals surface area contributed by atoms with Crippen molar-refractivity contribution in [2.45, 2.75) is 20.8 Å². The van der Waals surface area contributed by atoms with Gasteiger partial charge in [-0.05, 0) is 20.8 Å². The summed E-state index contributed by atoms with van der Waals surface area (Å²) in [4.78, 5) is 10.7. The highest BCUT2D eigenvalue weighted by Gasteiger charge is 2.27. The predicted octanol–water partition coefficient (Wildman–Crippen LogP) is -0.455. The van der Waals surface area contributed by atoms with Crippen LogP contribution in [0.2, 0.25) is 0 Å². The minimum absolute atomic E-state index is 0.637. The van der Waals surface area contributed by atoms with Crippen molar-refractivity contribution in [3.8, 4) is 0 Å². The molecule has 4 nitrogen and oxygen atoms in total. The van der Waals surface area contributed by atoms with E-state index in [-0.39, 0.29) is 0 Å². The first-order chi connectivity index (χ1) is 4.34. The molecule has 10 heavy (non-hydrogen) atoms. The van der Waals surface area contributed by atoms with E-state index in [9.17, 15) is 4.79 Å². The van der Waals surface area contributed by atoms with Crippen molar-refractivity contribution in [3.63, 3.8) is 0 Å². The highest BCUT2D eigenvalue weighted by Crippen LogP contribution is 2.14. The second kappa shape index (κ2) is 3.03. The van der Waals surface area contributed by atoms with Crippen LogP contribution >= 0.6 is 0 Å². The van der Waals surface area contributed by atoms with Crippen molar-refractivity contribution in [1.29, 1.82) is 0 Å². The Morgan fingerprint density at radius 1 is 1.40 bits per heavy atom. The molecule has 0 unspecified atom stereocenters. The van der Waals surface area contributed by atoms with Crippen LogP contribution in [0.4, 0.5) is 0 Å². The summed E-state index contributed by atoms with van der Waals surface area (Å²) in [6.07, 6.45) is 0. The Hall–Kier alpha value is -0.545. The third kappa shape index (κ3) is 3.47. The van der Waals surface area contributed by atoms with Crippen LogP contribution < -0.4 is 0 Å². The van der Waals surface area contributed by atoms with Gasteiger partial charge in [0.05, 0.1) is 5.41 Å². The third-order valence-corrected chi connectivity index (χ3v) is 0.825. The van der Waals surface area contributed by atoms with Crippen LogP contribution in [0.1, 0.15) is 20.8 Å². The van der Waals surface area contributed by atoms with Gasteiger partial charge in [0, 0.05) is 0 Å². The van der Waals surface area contributed by atoms with E-state index in [4.69, 9.17) is 10.0 Å². The Morgan fingerprint density at radius 3 is 1.90 bits per heavy atom. The molecule has 0 aliphatic carbocycles. The van der Waals surface area contributed by atoms with Crippen molar-refractivity contribution in [1.82, 2.24) is 0 Å². The third-order valence-electron chi connectivity index (χ3n) is 0.825. The maximum Gasteiger partial charge on any atom is 0.709 e. The molecule has 5 heteroatoms. The van der Waals surface area contributed by atoms with Crippen LogP contribution in [0.5, 0.6) is 0 Å². The molecule has 0 aromatic rings. The number of carbonyl (C=O) groups is 1. The van der Waals surface area contributed by atoms with Gasteiger partial charge in [-0.25, -0.2) is 0 Å². The summed E-state index contributed by atoms with van der Waals surface area (Å²) < 4.78 is 4.09. The molecule has 0 rings (SSSR count). The maximum absolute atomic E-state index is 10.7. The van der Waals surface area contributed by atoms with Gasteiger partial charge < -0.3 is 14.7 Å². The molecule has 0 aliphatic heterocycles. The normalized spacial score (nSPS) is 10.9. The van der Waals surface area contributed by atoms with Gasteiger partial charge in [0.2, 0.25) is 0 Å². The monoisotopic (exact) mass is 146 g/mol. The first kappa shape index (κ1) is 9.45. The Kier molecular flexibility index (Phi) is 2.86. The number of hydrogen-bond acceptors (Lipinski definition) is 4. The van der Waals surface area contributed by atoms with Crippen molar-refractivity contribution in [2.24, 2.45) is 5.41 Å². The van der Waals surface area contributed by atoms with E-state index in [1.807, 2.05) is 0 Å². The largest absolute Gasteiger partial charge is 0.709 e. The number of hydrogen-bond donors (Lipinski definition) is 2. The summed E-state index contributed by atoms with van der Waals surface area (Å²) in [5.74, 6) is -0.637. The SMILES string of the molecule is CC(C)(C)C(=O)OB(O)O. The summed E-state index contributed by atoms with van der Waals surface area (Å²) in [5, 5.41) is 16.4. The van der Waals surface area contributed by atoms with Crippen LogP contribution in [-0.2, 0) is 9.45 Å². The molecule has 0 aliphatic rings. The second-order valence-corrected chi connectivity index (χ2v) is 2.98. The average Bonchev–Trinajstić information content (AvgIpc) is 1.60. The van der Waals surface area contributed by atoms with Gasteiger partial charge in [-0.2, -0.15) is 0 Å². The van der Waals surface area contributed by atoms with E-state index >= 15 is 0 Å². The van der Waals surface area contributed by atoms with Crippen LogP contribution in [0.15, 0.2) is 0 Å². The lowest BCUT2D eigenvalue weighted by Crippen LogP contribution is -2.30. The minimum atomic E-state index is -2.01. The summed E-state index contributed by atoms with van der Waals surface area (Å²) in [5.41, 5.74) is -0.691. The molecule has 0 aromatic carbocycles. The van der Waals surface area contributed by atoms with Crippen molar-refractivity contribution >= 4 is 13.3 Å². The Bertz CT molecular complexity index is 126. The summed E-state index contributed by atoms with van der Waals surface area (Å²) in [7, 11) is -2.01. The highest BCUT2D eigenvalue weighted by atomic mass is 16.6. The van der Waals surface area contributed by atoms with Crippen molar-refractivity contribution in [2.75, 3.05) is 0 Å². The van der Waals surface area contributed by atoms with E-state index < -0.39 is 18.7 Å². The van der Waals surface area contributed by atoms with Gasteiger partial charge in [0.15, 0.2) is 0 Å². The van der Waals surface area contributed by atoms with Gasteiger partial charge in [0.1, 0.15) is 0 Å². The van der Waals surface area contributed by atoms with E-state index in [0.29, 0.717) is 0 Å². The van der Waals surface area contributed by atoms with Gasteiger partial charge in [-0.3, -0.25) is 4.79 Å². The fourth-order valence-electron chi connectivity index (χ4n) is 0.273. The van der Waals surface area contributed by atoms with Crippen LogP contribution in [-0.4, -0.2) is 23.3 Å². The maximum atomic E-state index is 10.7. The summed E-state index contributed by atoms with van der Waals surface area (Å²) in [6.45, 7) is 4.87. The van der Waals surface area contributed by atoms with Crippen LogP contribution in [0, 0.1) is 5.41 Å². The van der Waals surface area contributed by atoms with Crippen molar-refractivity contribution < 1.29 is 19.5 Å². The highest BCUT2D eigenvalue weighted by molar-refractivity contribution is 6.35.